The molecule has 0 N–H and O–H groups in total. The lowest BCUT2D eigenvalue weighted by atomic mass is 9.50. The summed E-state index contributed by atoms with van der Waals surface area (Å²) >= 11 is 4.86. The third kappa shape index (κ3) is 9.11. The molecule has 6 rings (SSSR count). The molecule has 2 saturated heterocycles. The Labute approximate surface area is 374 Å². The van der Waals surface area contributed by atoms with Gasteiger partial charge in [-0.05, 0) is 49.4 Å². The van der Waals surface area contributed by atoms with Crippen LogP contribution in [-0.4, -0.2) is 67.5 Å². The molecule has 4 aliphatic heterocycles. The topological polar surface area (TPSA) is 131 Å². The number of piperidine rings is 2. The second-order valence-electron chi connectivity index (χ2n) is 17.6. The average Bonchev–Trinajstić information content (AvgIpc) is 3.26. The maximum atomic E-state index is 15.3. The summed E-state index contributed by atoms with van der Waals surface area (Å²) in [6, 6.07) is 4.43. The molecule has 4 amide bonds. The van der Waals surface area contributed by atoms with E-state index in [0.717, 1.165) is 103 Å². The average molecular weight is 889 g/mol. The molecule has 6 aliphatic rings. The van der Waals surface area contributed by atoms with E-state index < -0.39 is 56.5 Å². The summed E-state index contributed by atoms with van der Waals surface area (Å²) in [4.78, 5) is 72.3. The Morgan fingerprint density at radius 2 is 0.833 bits per heavy atom. The fourth-order valence-corrected chi connectivity index (χ4v) is 17.2. The Balaban J connectivity index is 1.48. The molecule has 4 fully saturated rings. The van der Waals surface area contributed by atoms with E-state index in [1.807, 2.05) is 0 Å². The minimum absolute atomic E-state index is 0.119. The standard InChI is InChI=1S/C46H60N6O4S4/c1-7-11-15-17-21-27(19-13-9-3)25-51-43(53)33-31-32-34(38-37(33)57-29(23-47)30(24-48)58-38)44(54)52(26-28(20-14-10-4)22-18-16-12-8-2)46(56)36(32)40-39(35(31)45(51)55)59-41(49-5)42(50-6)60-40/h27-28,31-40H,7-22,25-26H2,1-4H3. The highest BCUT2D eigenvalue weighted by atomic mass is 32.2. The second kappa shape index (κ2) is 21.5. The van der Waals surface area contributed by atoms with Gasteiger partial charge < -0.3 is 0 Å². The number of allylic oxidation sites excluding steroid dienone is 2. The number of unbranched alkanes of at least 4 members (excludes halogenated alkanes) is 8. The summed E-state index contributed by atoms with van der Waals surface area (Å²) in [6.45, 7) is 25.4. The summed E-state index contributed by atoms with van der Waals surface area (Å²) in [5.74, 6) is -5.33. The van der Waals surface area contributed by atoms with E-state index in [2.05, 4.69) is 49.5 Å². The number of carbonyl (C=O) groups excluding carboxylic acids is 4. The molecule has 2 aliphatic carbocycles. The number of likely N-dealkylation sites (tertiary alicyclic amines) is 2. The monoisotopic (exact) mass is 888 g/mol. The van der Waals surface area contributed by atoms with Crippen molar-refractivity contribution in [3.8, 4) is 12.1 Å². The van der Waals surface area contributed by atoms with E-state index in [1.165, 1.54) is 56.8 Å². The van der Waals surface area contributed by atoms with Crippen LogP contribution in [0.5, 0.6) is 0 Å². The van der Waals surface area contributed by atoms with Crippen molar-refractivity contribution >= 4 is 70.7 Å². The highest BCUT2D eigenvalue weighted by molar-refractivity contribution is 8.11. The summed E-state index contributed by atoms with van der Waals surface area (Å²) in [5, 5.41) is 18.8. The van der Waals surface area contributed by atoms with Crippen molar-refractivity contribution in [3.63, 3.8) is 0 Å². The van der Waals surface area contributed by atoms with Gasteiger partial charge in [-0.3, -0.25) is 29.0 Å². The van der Waals surface area contributed by atoms with Crippen LogP contribution in [0.15, 0.2) is 19.9 Å². The van der Waals surface area contributed by atoms with Gasteiger partial charge in [0, 0.05) is 34.1 Å². The van der Waals surface area contributed by atoms with E-state index in [0.29, 0.717) is 0 Å². The van der Waals surface area contributed by atoms with Crippen LogP contribution >= 0.6 is 47.0 Å². The largest absolute Gasteiger partial charge is 0.282 e. The van der Waals surface area contributed by atoms with Gasteiger partial charge in [-0.15, -0.1) is 47.0 Å². The Hall–Kier alpha value is -2.88. The van der Waals surface area contributed by atoms with Gasteiger partial charge in [-0.1, -0.05) is 105 Å². The molecule has 4 heterocycles. The highest BCUT2D eigenvalue weighted by Gasteiger charge is 2.73. The van der Waals surface area contributed by atoms with Crippen LogP contribution in [0.1, 0.15) is 130 Å². The summed E-state index contributed by atoms with van der Waals surface area (Å²) in [7, 11) is 0. The molecule has 0 radical (unpaired) electrons. The van der Waals surface area contributed by atoms with Crippen LogP contribution in [0.2, 0.25) is 0 Å². The number of thioether (sulfide) groups is 4. The first-order chi connectivity index (χ1) is 29.1. The van der Waals surface area contributed by atoms with Crippen molar-refractivity contribution in [3.05, 3.63) is 42.7 Å². The van der Waals surface area contributed by atoms with Gasteiger partial charge >= 0.3 is 0 Å². The molecule has 12 atom stereocenters. The molecular formula is C46H60N6O4S4. The second-order valence-corrected chi connectivity index (χ2v) is 22.3. The van der Waals surface area contributed by atoms with Crippen molar-refractivity contribution < 1.29 is 19.2 Å². The Kier molecular flexibility index (Phi) is 16.7. The van der Waals surface area contributed by atoms with Crippen LogP contribution in [-0.2, 0) is 19.2 Å². The first kappa shape index (κ1) is 46.6. The van der Waals surface area contributed by atoms with Gasteiger partial charge in [-0.25, -0.2) is 9.69 Å². The minimum Gasteiger partial charge on any atom is -0.282 e. The number of carbonyl (C=O) groups is 4. The van der Waals surface area contributed by atoms with E-state index in [9.17, 15) is 10.5 Å². The van der Waals surface area contributed by atoms with E-state index >= 15 is 19.2 Å². The molecular weight excluding hydrogens is 829 g/mol. The van der Waals surface area contributed by atoms with Gasteiger partial charge in [0.25, 0.3) is 0 Å². The minimum atomic E-state index is -0.772. The SMILES string of the molecule is [C-]#[N+]C1=C([N+]#[C-])SC2C(S1)C1C(=O)N(CC(CCCC)CCCCCC)C(=O)C3C4SC(C#N)=C(C#N)SC4C4C(=O)N(CC(CCCC)CCCCCC)C(=O)C2C4C31. The van der Waals surface area contributed by atoms with Crippen molar-refractivity contribution in [1.29, 1.82) is 10.5 Å². The molecule has 322 valence electrons. The number of fused-ring (bicyclic) bond motifs is 6. The van der Waals surface area contributed by atoms with Gasteiger partial charge in [0.2, 0.25) is 33.7 Å². The third-order valence-corrected chi connectivity index (χ3v) is 20.0. The first-order valence-electron chi connectivity index (χ1n) is 22.5. The Morgan fingerprint density at radius 3 is 1.13 bits per heavy atom. The lowest BCUT2D eigenvalue weighted by Gasteiger charge is -2.65. The fourth-order valence-electron chi connectivity index (χ4n) is 11.1. The maximum Gasteiger partial charge on any atom is 0.234 e. The summed E-state index contributed by atoms with van der Waals surface area (Å²) in [6.07, 6.45) is 16.2. The number of imide groups is 2. The van der Waals surface area contributed by atoms with Crippen molar-refractivity contribution in [2.24, 2.45) is 47.3 Å². The van der Waals surface area contributed by atoms with Crippen molar-refractivity contribution in [2.45, 2.75) is 151 Å². The van der Waals surface area contributed by atoms with Crippen LogP contribution in [0.25, 0.3) is 9.69 Å². The van der Waals surface area contributed by atoms with Crippen molar-refractivity contribution in [1.82, 2.24) is 9.80 Å². The summed E-state index contributed by atoms with van der Waals surface area (Å²) in [5.41, 5.74) is 0. The molecule has 14 heteroatoms. The van der Waals surface area contributed by atoms with Crippen LogP contribution in [0, 0.1) is 83.1 Å². The van der Waals surface area contributed by atoms with Crippen LogP contribution in [0.3, 0.4) is 0 Å². The molecule has 60 heavy (non-hydrogen) atoms. The maximum absolute atomic E-state index is 15.3. The van der Waals surface area contributed by atoms with E-state index in [1.54, 1.807) is 0 Å². The predicted molar refractivity (Wildman–Crippen MR) is 242 cm³/mol. The number of hydrogen-bond acceptors (Lipinski definition) is 10. The Bertz CT molecular complexity index is 1650. The van der Waals surface area contributed by atoms with Gasteiger partial charge in [-0.2, -0.15) is 10.5 Å². The molecule has 0 bridgehead atoms. The van der Waals surface area contributed by atoms with Gasteiger partial charge in [0.05, 0.1) is 36.8 Å². The number of hydrogen-bond donors (Lipinski definition) is 0. The molecule has 2 saturated carbocycles. The third-order valence-electron chi connectivity index (χ3n) is 13.9. The molecule has 12 unspecified atom stereocenters. The van der Waals surface area contributed by atoms with Crippen LogP contribution < -0.4 is 0 Å². The lowest BCUT2D eigenvalue weighted by Crippen LogP contribution is -2.76. The molecule has 0 aromatic rings. The zero-order valence-electron chi connectivity index (χ0n) is 35.6. The molecule has 0 aromatic heterocycles. The predicted octanol–water partition coefficient (Wildman–Crippen LogP) is 10.7. The molecule has 0 spiro atoms. The fraction of sp³-hybridized carbons (Fsp3) is 0.739. The highest BCUT2D eigenvalue weighted by Crippen LogP contribution is 2.68. The number of nitrogens with zero attached hydrogens (tertiary/aromatic N) is 6. The smallest absolute Gasteiger partial charge is 0.234 e. The number of rotatable bonds is 20. The zero-order valence-corrected chi connectivity index (χ0v) is 38.9. The normalized spacial score (nSPS) is 31.7. The van der Waals surface area contributed by atoms with Gasteiger partial charge in [0.15, 0.2) is 0 Å². The van der Waals surface area contributed by atoms with Crippen molar-refractivity contribution in [2.75, 3.05) is 13.1 Å². The summed E-state index contributed by atoms with van der Waals surface area (Å²) < 4.78 is 0. The number of nitriles is 2. The van der Waals surface area contributed by atoms with E-state index in [-0.39, 0.29) is 68.4 Å². The number of amides is 4. The van der Waals surface area contributed by atoms with E-state index in [4.69, 9.17) is 13.1 Å². The van der Waals surface area contributed by atoms with Crippen LogP contribution in [0.4, 0.5) is 0 Å². The van der Waals surface area contributed by atoms with Gasteiger partial charge in [0.1, 0.15) is 21.9 Å². The zero-order chi connectivity index (χ0) is 43.1. The molecule has 10 nitrogen and oxygen atoms in total. The first-order valence-corrected chi connectivity index (χ1v) is 26.1. The Morgan fingerprint density at radius 1 is 0.517 bits per heavy atom. The lowest BCUT2D eigenvalue weighted by molar-refractivity contribution is -0.184. The quantitative estimate of drug-likeness (QED) is 0.0661. The molecule has 0 aromatic carbocycles.